The molecule has 1 aliphatic carbocycles. The minimum absolute atomic E-state index is 0.000207. The van der Waals surface area contributed by atoms with Gasteiger partial charge < -0.3 is 16.0 Å². The average Bonchev–Trinajstić information content (AvgIpc) is 2.26. The van der Waals surface area contributed by atoms with Crippen molar-refractivity contribution in [3.63, 3.8) is 0 Å². The van der Waals surface area contributed by atoms with Gasteiger partial charge in [0.05, 0.1) is 13.1 Å². The van der Waals surface area contributed by atoms with E-state index in [9.17, 15) is 9.18 Å². The number of halogens is 1. The van der Waals surface area contributed by atoms with E-state index in [1.54, 1.807) is 0 Å². The van der Waals surface area contributed by atoms with Crippen LogP contribution in [0.1, 0.15) is 32.1 Å². The zero-order valence-corrected chi connectivity index (χ0v) is 9.54. The molecule has 1 heterocycles. The zero-order chi connectivity index (χ0) is 11.6. The number of nitrogens with zero attached hydrogens (tertiary/aromatic N) is 1. The third-order valence-corrected chi connectivity index (χ3v) is 3.53. The standard InChI is InChI=1S/C11H20FN3O/c12-11(6-13)7-15(8-11)10(16)14-9-4-2-1-3-5-9/h9H,1-8,13H2,(H,14,16). The van der Waals surface area contributed by atoms with E-state index < -0.39 is 5.67 Å². The Kier molecular flexibility index (Phi) is 3.33. The maximum atomic E-state index is 13.5. The highest BCUT2D eigenvalue weighted by molar-refractivity contribution is 5.75. The second kappa shape index (κ2) is 4.57. The summed E-state index contributed by atoms with van der Waals surface area (Å²) >= 11 is 0. The lowest BCUT2D eigenvalue weighted by Gasteiger charge is -2.44. The highest BCUT2D eigenvalue weighted by Crippen LogP contribution is 2.24. The highest BCUT2D eigenvalue weighted by atomic mass is 19.1. The van der Waals surface area contributed by atoms with Crippen molar-refractivity contribution < 1.29 is 9.18 Å². The SMILES string of the molecule is NCC1(F)CN(C(=O)NC2CCCCC2)C1. The molecule has 16 heavy (non-hydrogen) atoms. The maximum Gasteiger partial charge on any atom is 0.317 e. The van der Waals surface area contributed by atoms with Gasteiger partial charge in [-0.15, -0.1) is 0 Å². The predicted octanol–water partition coefficient (Wildman–Crippen LogP) is 1.01. The molecule has 0 spiro atoms. The van der Waals surface area contributed by atoms with Crippen molar-refractivity contribution in [1.29, 1.82) is 0 Å². The fraction of sp³-hybridized carbons (Fsp3) is 0.909. The summed E-state index contributed by atoms with van der Waals surface area (Å²) in [6.45, 7) is 0.282. The second-order valence-electron chi connectivity index (χ2n) is 5.00. The summed E-state index contributed by atoms with van der Waals surface area (Å²) in [4.78, 5) is 13.2. The van der Waals surface area contributed by atoms with Crippen LogP contribution >= 0.6 is 0 Å². The quantitative estimate of drug-likeness (QED) is 0.742. The average molecular weight is 229 g/mol. The molecular formula is C11H20FN3O. The number of nitrogens with two attached hydrogens (primary N) is 1. The van der Waals surface area contributed by atoms with Crippen molar-refractivity contribution in [2.75, 3.05) is 19.6 Å². The number of nitrogens with one attached hydrogen (secondary N) is 1. The van der Waals surface area contributed by atoms with Crippen molar-refractivity contribution in [1.82, 2.24) is 10.2 Å². The summed E-state index contributed by atoms with van der Waals surface area (Å²) in [6.07, 6.45) is 5.73. The summed E-state index contributed by atoms with van der Waals surface area (Å²) in [5, 5.41) is 2.96. The molecule has 92 valence electrons. The molecule has 0 unspecified atom stereocenters. The Morgan fingerprint density at radius 1 is 1.38 bits per heavy atom. The minimum atomic E-state index is -1.34. The number of carbonyl (C=O) groups is 1. The first-order chi connectivity index (χ1) is 7.63. The molecular weight excluding hydrogens is 209 g/mol. The van der Waals surface area contributed by atoms with Gasteiger partial charge in [-0.05, 0) is 12.8 Å². The molecule has 3 N–H and O–H groups in total. The maximum absolute atomic E-state index is 13.5. The number of hydrogen-bond donors (Lipinski definition) is 2. The van der Waals surface area contributed by atoms with E-state index in [2.05, 4.69) is 5.32 Å². The number of likely N-dealkylation sites (tertiary alicyclic amines) is 1. The van der Waals surface area contributed by atoms with E-state index >= 15 is 0 Å². The van der Waals surface area contributed by atoms with Crippen LogP contribution in [0.3, 0.4) is 0 Å². The Morgan fingerprint density at radius 2 is 2.00 bits per heavy atom. The first kappa shape index (κ1) is 11.6. The number of hydrogen-bond acceptors (Lipinski definition) is 2. The lowest BCUT2D eigenvalue weighted by Crippen LogP contribution is -2.66. The van der Waals surface area contributed by atoms with Gasteiger partial charge in [0.1, 0.15) is 0 Å². The van der Waals surface area contributed by atoms with Crippen molar-refractivity contribution >= 4 is 6.03 Å². The Balaban J connectivity index is 1.73. The van der Waals surface area contributed by atoms with Gasteiger partial charge in [-0.1, -0.05) is 19.3 Å². The molecule has 2 fully saturated rings. The van der Waals surface area contributed by atoms with Gasteiger partial charge in [0.15, 0.2) is 5.67 Å². The molecule has 2 amide bonds. The number of alkyl halides is 1. The normalized spacial score (nSPS) is 25.0. The third kappa shape index (κ3) is 2.45. The van der Waals surface area contributed by atoms with Crippen LogP contribution in [-0.4, -0.2) is 42.3 Å². The van der Waals surface area contributed by atoms with E-state index in [1.165, 1.54) is 24.2 Å². The fourth-order valence-electron chi connectivity index (χ4n) is 2.42. The van der Waals surface area contributed by atoms with E-state index in [0.29, 0.717) is 0 Å². The molecule has 0 aromatic rings. The molecule has 5 heteroatoms. The Labute approximate surface area is 95.4 Å². The van der Waals surface area contributed by atoms with Crippen LogP contribution in [0, 0.1) is 0 Å². The summed E-state index contributed by atoms with van der Waals surface area (Å²) in [5.74, 6) is 0. The number of carbonyl (C=O) groups excluding carboxylic acids is 1. The number of urea groups is 1. The third-order valence-electron chi connectivity index (χ3n) is 3.53. The van der Waals surface area contributed by atoms with Gasteiger partial charge in [0, 0.05) is 12.6 Å². The molecule has 0 aromatic carbocycles. The summed E-state index contributed by atoms with van der Waals surface area (Å²) in [7, 11) is 0. The van der Waals surface area contributed by atoms with Crippen molar-refractivity contribution in [3.05, 3.63) is 0 Å². The van der Waals surface area contributed by atoms with Crippen molar-refractivity contribution in [2.45, 2.75) is 43.8 Å². The lowest BCUT2D eigenvalue weighted by atomic mass is 9.95. The molecule has 2 rings (SSSR count). The van der Waals surface area contributed by atoms with E-state index in [1.807, 2.05) is 0 Å². The first-order valence-electron chi connectivity index (χ1n) is 6.07. The summed E-state index contributed by atoms with van der Waals surface area (Å²) < 4.78 is 13.5. The van der Waals surface area contributed by atoms with Gasteiger partial charge in [-0.3, -0.25) is 0 Å². The van der Waals surface area contributed by atoms with Crippen LogP contribution < -0.4 is 11.1 Å². The van der Waals surface area contributed by atoms with E-state index in [0.717, 1.165) is 12.8 Å². The highest BCUT2D eigenvalue weighted by Gasteiger charge is 2.44. The molecule has 0 bridgehead atoms. The molecule has 2 aliphatic rings. The zero-order valence-electron chi connectivity index (χ0n) is 9.54. The number of rotatable bonds is 2. The Hall–Kier alpha value is -0.840. The second-order valence-corrected chi connectivity index (χ2v) is 5.00. The minimum Gasteiger partial charge on any atom is -0.335 e. The lowest BCUT2D eigenvalue weighted by molar-refractivity contribution is 0.00120. The molecule has 0 radical (unpaired) electrons. The Morgan fingerprint density at radius 3 is 2.56 bits per heavy atom. The smallest absolute Gasteiger partial charge is 0.317 e. The van der Waals surface area contributed by atoms with Crippen molar-refractivity contribution in [3.8, 4) is 0 Å². The van der Waals surface area contributed by atoms with Crippen LogP contribution in [0.15, 0.2) is 0 Å². The van der Waals surface area contributed by atoms with Gasteiger partial charge >= 0.3 is 6.03 Å². The Bertz CT molecular complexity index is 260. The van der Waals surface area contributed by atoms with Gasteiger partial charge in [0.2, 0.25) is 0 Å². The topological polar surface area (TPSA) is 58.4 Å². The molecule has 4 nitrogen and oxygen atoms in total. The summed E-state index contributed by atoms with van der Waals surface area (Å²) in [6, 6.07) is 0.155. The summed E-state index contributed by atoms with van der Waals surface area (Å²) in [5.41, 5.74) is 3.94. The molecule has 0 aromatic heterocycles. The largest absolute Gasteiger partial charge is 0.335 e. The molecule has 0 atom stereocenters. The fourth-order valence-corrected chi connectivity index (χ4v) is 2.42. The predicted molar refractivity (Wildman–Crippen MR) is 59.9 cm³/mol. The van der Waals surface area contributed by atoms with Gasteiger partial charge in [-0.25, -0.2) is 9.18 Å². The monoisotopic (exact) mass is 229 g/mol. The molecule has 1 aliphatic heterocycles. The van der Waals surface area contributed by atoms with Crippen molar-refractivity contribution in [2.24, 2.45) is 5.73 Å². The van der Waals surface area contributed by atoms with E-state index in [-0.39, 0.29) is 31.7 Å². The van der Waals surface area contributed by atoms with E-state index in [4.69, 9.17) is 5.73 Å². The van der Waals surface area contributed by atoms with Crippen LogP contribution in [0.2, 0.25) is 0 Å². The van der Waals surface area contributed by atoms with Gasteiger partial charge in [0.25, 0.3) is 0 Å². The van der Waals surface area contributed by atoms with Gasteiger partial charge in [-0.2, -0.15) is 0 Å². The molecule has 1 saturated heterocycles. The van der Waals surface area contributed by atoms with Crippen LogP contribution in [0.4, 0.5) is 9.18 Å². The number of amides is 2. The molecule has 1 saturated carbocycles. The van der Waals surface area contributed by atoms with Crippen LogP contribution in [-0.2, 0) is 0 Å². The van der Waals surface area contributed by atoms with Crippen LogP contribution in [0.25, 0.3) is 0 Å². The van der Waals surface area contributed by atoms with Crippen LogP contribution in [0.5, 0.6) is 0 Å². The first-order valence-corrected chi connectivity index (χ1v) is 6.07.